The van der Waals surface area contributed by atoms with Gasteiger partial charge >= 0.3 is 5.69 Å². The number of hydrogen-bond donors (Lipinski definition) is 2. The summed E-state index contributed by atoms with van der Waals surface area (Å²) in [4.78, 5) is 41.1. The fourth-order valence-electron chi connectivity index (χ4n) is 2.82. The van der Waals surface area contributed by atoms with Crippen LogP contribution < -0.4 is 21.9 Å². The Labute approximate surface area is 159 Å². The highest BCUT2D eigenvalue weighted by Crippen LogP contribution is 2.19. The summed E-state index contributed by atoms with van der Waals surface area (Å²) in [6, 6.07) is 14.6. The van der Waals surface area contributed by atoms with Gasteiger partial charge in [-0.05, 0) is 23.3 Å². The van der Waals surface area contributed by atoms with Crippen molar-refractivity contribution in [1.29, 1.82) is 0 Å². The minimum atomic E-state index is -0.676. The smallest absolute Gasteiger partial charge is 0.329 e. The first-order valence-corrected chi connectivity index (χ1v) is 8.54. The van der Waals surface area contributed by atoms with Crippen LogP contribution >= 0.6 is 0 Å². The SMILES string of the molecule is Cn1c(=O)[nH]c(N)c(N(Cc2ccccc2)C(=O)Cc2ccc(F)cc2)c1=O. The second-order valence-electron chi connectivity index (χ2n) is 6.33. The average Bonchev–Trinajstić information content (AvgIpc) is 2.68. The Bertz CT molecular complexity index is 1110. The number of rotatable bonds is 5. The maximum absolute atomic E-state index is 13.1. The van der Waals surface area contributed by atoms with Crippen molar-refractivity contribution >= 4 is 17.4 Å². The van der Waals surface area contributed by atoms with E-state index in [2.05, 4.69) is 4.98 Å². The van der Waals surface area contributed by atoms with Crippen LogP contribution in [0.3, 0.4) is 0 Å². The van der Waals surface area contributed by atoms with Gasteiger partial charge in [-0.3, -0.25) is 24.0 Å². The van der Waals surface area contributed by atoms with E-state index in [4.69, 9.17) is 5.73 Å². The fourth-order valence-corrected chi connectivity index (χ4v) is 2.82. The molecule has 0 saturated heterocycles. The van der Waals surface area contributed by atoms with E-state index in [0.29, 0.717) is 5.56 Å². The van der Waals surface area contributed by atoms with E-state index in [0.717, 1.165) is 10.1 Å². The molecule has 28 heavy (non-hydrogen) atoms. The van der Waals surface area contributed by atoms with Crippen molar-refractivity contribution in [2.75, 3.05) is 10.6 Å². The van der Waals surface area contributed by atoms with Crippen LogP contribution in [0.5, 0.6) is 0 Å². The first-order valence-electron chi connectivity index (χ1n) is 8.54. The minimum Gasteiger partial charge on any atom is -0.383 e. The fraction of sp³-hybridized carbons (Fsp3) is 0.150. The lowest BCUT2D eigenvalue weighted by atomic mass is 10.1. The maximum Gasteiger partial charge on any atom is 0.329 e. The number of nitrogen functional groups attached to an aromatic ring is 1. The topological polar surface area (TPSA) is 101 Å². The molecule has 144 valence electrons. The Balaban J connectivity index is 2.04. The second-order valence-corrected chi connectivity index (χ2v) is 6.33. The normalized spacial score (nSPS) is 10.6. The third-order valence-electron chi connectivity index (χ3n) is 4.33. The quantitative estimate of drug-likeness (QED) is 0.699. The molecule has 0 atom stereocenters. The molecule has 0 saturated carbocycles. The van der Waals surface area contributed by atoms with Crippen molar-refractivity contribution in [2.24, 2.45) is 7.05 Å². The number of aromatic amines is 1. The lowest BCUT2D eigenvalue weighted by Gasteiger charge is -2.24. The molecule has 1 aromatic heterocycles. The van der Waals surface area contributed by atoms with Gasteiger partial charge in [-0.25, -0.2) is 9.18 Å². The van der Waals surface area contributed by atoms with Crippen LogP contribution in [0.1, 0.15) is 11.1 Å². The molecule has 0 radical (unpaired) electrons. The molecule has 3 N–H and O–H groups in total. The number of amides is 1. The first-order chi connectivity index (χ1) is 13.4. The van der Waals surface area contributed by atoms with Gasteiger partial charge in [-0.1, -0.05) is 42.5 Å². The van der Waals surface area contributed by atoms with Crippen LogP contribution in [-0.2, 0) is 24.8 Å². The van der Waals surface area contributed by atoms with Gasteiger partial charge in [0.2, 0.25) is 5.91 Å². The third kappa shape index (κ3) is 4.01. The summed E-state index contributed by atoms with van der Waals surface area (Å²) in [5, 5.41) is 0. The largest absolute Gasteiger partial charge is 0.383 e. The molecule has 0 spiro atoms. The molecule has 1 heterocycles. The predicted molar refractivity (Wildman–Crippen MR) is 104 cm³/mol. The standard InChI is InChI=1S/C20H19FN4O3/c1-24-19(27)17(18(22)23-20(24)28)25(12-14-5-3-2-4-6-14)16(26)11-13-7-9-15(21)10-8-13/h2-10H,11-12,22H2,1H3,(H,23,28). The number of aromatic nitrogens is 2. The van der Waals surface area contributed by atoms with Crippen LogP contribution in [0.2, 0.25) is 0 Å². The highest BCUT2D eigenvalue weighted by atomic mass is 19.1. The molecule has 0 aliphatic carbocycles. The van der Waals surface area contributed by atoms with Crippen LogP contribution in [0.4, 0.5) is 15.9 Å². The molecule has 1 amide bonds. The Morgan fingerprint density at radius 2 is 1.71 bits per heavy atom. The number of benzene rings is 2. The van der Waals surface area contributed by atoms with Gasteiger partial charge in [0.05, 0.1) is 13.0 Å². The van der Waals surface area contributed by atoms with E-state index in [1.165, 1.54) is 36.2 Å². The Morgan fingerprint density at radius 3 is 2.36 bits per heavy atom. The zero-order valence-corrected chi connectivity index (χ0v) is 15.2. The molecule has 0 bridgehead atoms. The minimum absolute atomic E-state index is 0.0607. The zero-order valence-electron chi connectivity index (χ0n) is 15.2. The van der Waals surface area contributed by atoms with E-state index >= 15 is 0 Å². The van der Waals surface area contributed by atoms with E-state index in [-0.39, 0.29) is 24.5 Å². The molecule has 0 fully saturated rings. The number of nitrogens with one attached hydrogen (secondary N) is 1. The van der Waals surface area contributed by atoms with E-state index < -0.39 is 23.0 Å². The highest BCUT2D eigenvalue weighted by molar-refractivity contribution is 5.96. The van der Waals surface area contributed by atoms with Crippen LogP contribution in [0.25, 0.3) is 0 Å². The first kappa shape index (κ1) is 19.1. The van der Waals surface area contributed by atoms with Gasteiger partial charge in [-0.15, -0.1) is 0 Å². The molecular weight excluding hydrogens is 363 g/mol. The van der Waals surface area contributed by atoms with E-state index in [1.54, 1.807) is 0 Å². The number of anilines is 2. The van der Waals surface area contributed by atoms with Crippen molar-refractivity contribution in [3.05, 3.63) is 92.4 Å². The van der Waals surface area contributed by atoms with Gasteiger partial charge in [0.1, 0.15) is 11.6 Å². The lowest BCUT2D eigenvalue weighted by Crippen LogP contribution is -2.42. The summed E-state index contributed by atoms with van der Waals surface area (Å²) in [5.74, 6) is -1.00. The van der Waals surface area contributed by atoms with E-state index in [1.807, 2.05) is 30.3 Å². The number of nitrogens with two attached hydrogens (primary N) is 1. The van der Waals surface area contributed by atoms with Gasteiger partial charge in [0, 0.05) is 7.05 Å². The maximum atomic E-state index is 13.1. The van der Waals surface area contributed by atoms with Crippen LogP contribution in [0, 0.1) is 5.82 Å². The Hall–Kier alpha value is -3.68. The second kappa shape index (κ2) is 7.91. The molecular formula is C20H19FN4O3. The average molecular weight is 382 g/mol. The summed E-state index contributed by atoms with van der Waals surface area (Å²) >= 11 is 0. The number of halogens is 1. The van der Waals surface area contributed by atoms with Gasteiger partial charge < -0.3 is 5.73 Å². The predicted octanol–water partition coefficient (Wildman–Crippen LogP) is 1.57. The number of carbonyl (C=O) groups excluding carboxylic acids is 1. The van der Waals surface area contributed by atoms with Crippen molar-refractivity contribution < 1.29 is 9.18 Å². The summed E-state index contributed by atoms with van der Waals surface area (Å²) < 4.78 is 14.0. The number of nitrogens with zero attached hydrogens (tertiary/aromatic N) is 2. The molecule has 8 heteroatoms. The van der Waals surface area contributed by atoms with Crippen LogP contribution in [-0.4, -0.2) is 15.5 Å². The van der Waals surface area contributed by atoms with Gasteiger partial charge in [-0.2, -0.15) is 0 Å². The molecule has 0 aliphatic heterocycles. The van der Waals surface area contributed by atoms with E-state index in [9.17, 15) is 18.8 Å². The molecule has 3 rings (SSSR count). The lowest BCUT2D eigenvalue weighted by molar-refractivity contribution is -0.118. The van der Waals surface area contributed by atoms with Gasteiger partial charge in [0.15, 0.2) is 5.69 Å². The molecule has 0 unspecified atom stereocenters. The summed E-state index contributed by atoms with van der Waals surface area (Å²) in [7, 11) is 1.30. The molecule has 0 aliphatic rings. The Morgan fingerprint density at radius 1 is 1.07 bits per heavy atom. The number of carbonyl (C=O) groups is 1. The summed E-state index contributed by atoms with van der Waals surface area (Å²) in [6.07, 6.45) is -0.0607. The van der Waals surface area contributed by atoms with Crippen molar-refractivity contribution in [3.63, 3.8) is 0 Å². The van der Waals surface area contributed by atoms with Gasteiger partial charge in [0.25, 0.3) is 5.56 Å². The highest BCUT2D eigenvalue weighted by Gasteiger charge is 2.24. The number of H-pyrrole nitrogens is 1. The van der Waals surface area contributed by atoms with Crippen molar-refractivity contribution in [1.82, 2.24) is 9.55 Å². The zero-order chi connectivity index (χ0) is 20.3. The summed E-state index contributed by atoms with van der Waals surface area (Å²) in [6.45, 7) is 0.0896. The monoisotopic (exact) mass is 382 g/mol. The van der Waals surface area contributed by atoms with Crippen LogP contribution in [0.15, 0.2) is 64.2 Å². The number of hydrogen-bond acceptors (Lipinski definition) is 4. The molecule has 7 nitrogen and oxygen atoms in total. The van der Waals surface area contributed by atoms with Crippen molar-refractivity contribution in [3.8, 4) is 0 Å². The Kier molecular flexibility index (Phi) is 5.39. The van der Waals surface area contributed by atoms with Crippen molar-refractivity contribution in [2.45, 2.75) is 13.0 Å². The molecule has 2 aromatic carbocycles. The molecule has 3 aromatic rings. The third-order valence-corrected chi connectivity index (χ3v) is 4.33. The summed E-state index contributed by atoms with van der Waals surface area (Å²) in [5.41, 5.74) is 5.81.